The van der Waals surface area contributed by atoms with Gasteiger partial charge >= 0.3 is 0 Å². The fraction of sp³-hybridized carbons (Fsp3) is 0.360. The summed E-state index contributed by atoms with van der Waals surface area (Å²) in [6, 6.07) is 14.5. The first-order valence-corrected chi connectivity index (χ1v) is 11.2. The highest BCUT2D eigenvalue weighted by Gasteiger charge is 2.24. The van der Waals surface area contributed by atoms with Crippen LogP contribution < -0.4 is 10.5 Å². The van der Waals surface area contributed by atoms with E-state index in [1.165, 1.54) is 0 Å². The second-order valence-electron chi connectivity index (χ2n) is 8.26. The van der Waals surface area contributed by atoms with Crippen molar-refractivity contribution in [3.05, 3.63) is 75.0 Å². The van der Waals surface area contributed by atoms with E-state index >= 15 is 0 Å². The summed E-state index contributed by atoms with van der Waals surface area (Å²) in [5.41, 5.74) is 3.15. The van der Waals surface area contributed by atoms with Crippen molar-refractivity contribution in [3.8, 4) is 0 Å². The zero-order valence-electron chi connectivity index (χ0n) is 17.8. The van der Waals surface area contributed by atoms with Crippen LogP contribution in [0.25, 0.3) is 10.9 Å². The minimum absolute atomic E-state index is 0.0199. The van der Waals surface area contributed by atoms with Crippen molar-refractivity contribution >= 4 is 34.1 Å². The number of fused-ring (bicyclic) bond motifs is 1. The van der Waals surface area contributed by atoms with Gasteiger partial charge in [0.15, 0.2) is 0 Å². The number of hydrogen-bond donors (Lipinski definition) is 1. The van der Waals surface area contributed by atoms with Crippen LogP contribution in [-0.4, -0.2) is 28.7 Å². The average Bonchev–Trinajstić information content (AvgIpc) is 2.78. The number of anilines is 1. The molecule has 6 heteroatoms. The van der Waals surface area contributed by atoms with Crippen molar-refractivity contribution < 1.29 is 9.90 Å². The van der Waals surface area contributed by atoms with E-state index in [1.54, 1.807) is 40.8 Å². The Bertz CT molecular complexity index is 1160. The molecule has 4 rings (SSSR count). The third-order valence-corrected chi connectivity index (χ3v) is 6.61. The molecule has 31 heavy (non-hydrogen) atoms. The van der Waals surface area contributed by atoms with Crippen LogP contribution in [0.4, 0.5) is 5.69 Å². The Balaban J connectivity index is 1.78. The van der Waals surface area contributed by atoms with Crippen molar-refractivity contribution in [2.45, 2.75) is 51.2 Å². The fourth-order valence-corrected chi connectivity index (χ4v) is 4.70. The van der Waals surface area contributed by atoms with Crippen LogP contribution in [0.15, 0.2) is 53.3 Å². The number of nitrogens with zero attached hydrogens (tertiary/aromatic N) is 2. The Morgan fingerprint density at radius 1 is 1.10 bits per heavy atom. The lowest BCUT2D eigenvalue weighted by Gasteiger charge is -2.27. The van der Waals surface area contributed by atoms with E-state index in [1.807, 2.05) is 31.2 Å². The molecule has 162 valence electrons. The molecule has 2 aromatic carbocycles. The predicted octanol–water partition coefficient (Wildman–Crippen LogP) is 4.97. The monoisotopic (exact) mass is 438 g/mol. The van der Waals surface area contributed by atoms with E-state index < -0.39 is 0 Å². The molecule has 5 nitrogen and oxygen atoms in total. The van der Waals surface area contributed by atoms with E-state index in [-0.39, 0.29) is 23.5 Å². The molecule has 0 saturated heterocycles. The zero-order valence-corrected chi connectivity index (χ0v) is 18.6. The van der Waals surface area contributed by atoms with Crippen LogP contribution in [0.2, 0.25) is 5.02 Å². The van der Waals surface area contributed by atoms with E-state index in [0.29, 0.717) is 17.1 Å². The number of amides is 1. The maximum absolute atomic E-state index is 13.2. The zero-order chi connectivity index (χ0) is 22.1. The summed E-state index contributed by atoms with van der Waals surface area (Å²) < 4.78 is 1.74. The maximum Gasteiger partial charge on any atom is 0.258 e. The molecule has 3 aromatic rings. The van der Waals surface area contributed by atoms with Crippen LogP contribution in [-0.2, 0) is 6.54 Å². The molecule has 0 bridgehead atoms. The number of aryl methyl sites for hydroxylation is 1. The average molecular weight is 439 g/mol. The molecular weight excluding hydrogens is 412 g/mol. The van der Waals surface area contributed by atoms with Crippen molar-refractivity contribution in [1.29, 1.82) is 0 Å². The topological polar surface area (TPSA) is 62.5 Å². The molecule has 1 N–H and O–H groups in total. The Labute approximate surface area is 186 Å². The summed E-state index contributed by atoms with van der Waals surface area (Å²) in [6.45, 7) is 2.52. The lowest BCUT2D eigenvalue weighted by Crippen LogP contribution is -2.27. The van der Waals surface area contributed by atoms with Crippen molar-refractivity contribution in [2.75, 3.05) is 11.9 Å². The van der Waals surface area contributed by atoms with Gasteiger partial charge in [0.2, 0.25) is 0 Å². The number of carbonyl (C=O) groups excluding carboxylic acids is 1. The van der Waals surface area contributed by atoms with Crippen LogP contribution in [0.3, 0.4) is 0 Å². The van der Waals surface area contributed by atoms with Gasteiger partial charge in [0.1, 0.15) is 0 Å². The summed E-state index contributed by atoms with van der Waals surface area (Å²) in [4.78, 5) is 27.6. The van der Waals surface area contributed by atoms with Crippen molar-refractivity contribution in [3.63, 3.8) is 0 Å². The molecule has 0 atom stereocenters. The number of aliphatic hydroxyl groups excluding tert-OH is 1. The molecule has 0 aliphatic heterocycles. The molecule has 1 aromatic heterocycles. The minimum Gasteiger partial charge on any atom is -0.393 e. The van der Waals surface area contributed by atoms with E-state index in [4.69, 9.17) is 11.6 Å². The van der Waals surface area contributed by atoms with Crippen LogP contribution in [0.5, 0.6) is 0 Å². The molecule has 1 fully saturated rings. The molecule has 1 amide bonds. The largest absolute Gasteiger partial charge is 0.393 e. The molecule has 1 aliphatic carbocycles. The molecule has 0 radical (unpaired) electrons. The van der Waals surface area contributed by atoms with Gasteiger partial charge in [-0.25, -0.2) is 0 Å². The smallest absolute Gasteiger partial charge is 0.258 e. The van der Waals surface area contributed by atoms with Gasteiger partial charge in [0, 0.05) is 41.3 Å². The SMILES string of the molecule is CCn1c(=O)cc(C2CCC(O)CC2)c2cc(C(=O)N(C)c3ccc(Cl)cc3)ccc21. The van der Waals surface area contributed by atoms with Gasteiger partial charge in [-0.15, -0.1) is 0 Å². The fourth-order valence-electron chi connectivity index (χ4n) is 4.57. The number of rotatable bonds is 4. The van der Waals surface area contributed by atoms with Gasteiger partial charge in [-0.1, -0.05) is 11.6 Å². The molecule has 1 aliphatic rings. The molecule has 1 heterocycles. The Hall–Kier alpha value is -2.63. The first kappa shape index (κ1) is 21.6. The summed E-state index contributed by atoms with van der Waals surface area (Å²) in [6.07, 6.45) is 2.90. The van der Waals surface area contributed by atoms with E-state index in [9.17, 15) is 14.7 Å². The number of aromatic nitrogens is 1. The first-order valence-electron chi connectivity index (χ1n) is 10.8. The van der Waals surface area contributed by atoms with Crippen LogP contribution >= 0.6 is 11.6 Å². The highest BCUT2D eigenvalue weighted by Crippen LogP contribution is 2.36. The quantitative estimate of drug-likeness (QED) is 0.625. The summed E-state index contributed by atoms with van der Waals surface area (Å²) in [7, 11) is 1.74. The number of aliphatic hydroxyl groups is 1. The van der Waals surface area contributed by atoms with Gasteiger partial charge in [-0.05, 0) is 86.6 Å². The lowest BCUT2D eigenvalue weighted by molar-refractivity contribution is 0.0993. The van der Waals surface area contributed by atoms with Crippen LogP contribution in [0.1, 0.15) is 54.4 Å². The van der Waals surface area contributed by atoms with E-state index in [2.05, 4.69) is 0 Å². The molecule has 0 unspecified atom stereocenters. The second-order valence-corrected chi connectivity index (χ2v) is 8.70. The number of hydrogen-bond acceptors (Lipinski definition) is 3. The van der Waals surface area contributed by atoms with Gasteiger partial charge in [-0.3, -0.25) is 9.59 Å². The highest BCUT2D eigenvalue weighted by atomic mass is 35.5. The standard InChI is InChI=1S/C25H27ClN2O3/c1-3-28-23-13-6-17(25(31)27(2)19-9-7-18(26)8-10-19)14-22(23)21(15-24(28)30)16-4-11-20(29)12-5-16/h6-10,13-16,20,29H,3-5,11-12H2,1-2H3. The minimum atomic E-state index is -0.260. The number of pyridine rings is 1. The Morgan fingerprint density at radius 2 is 1.77 bits per heavy atom. The third kappa shape index (κ3) is 4.25. The predicted molar refractivity (Wildman–Crippen MR) is 125 cm³/mol. The van der Waals surface area contributed by atoms with Gasteiger partial charge < -0.3 is 14.6 Å². The second kappa shape index (κ2) is 8.85. The third-order valence-electron chi connectivity index (χ3n) is 6.36. The van der Waals surface area contributed by atoms with Gasteiger partial charge in [0.25, 0.3) is 11.5 Å². The maximum atomic E-state index is 13.2. The Kier molecular flexibility index (Phi) is 6.17. The number of benzene rings is 2. The van der Waals surface area contributed by atoms with E-state index in [0.717, 1.165) is 47.8 Å². The Morgan fingerprint density at radius 3 is 2.42 bits per heavy atom. The van der Waals surface area contributed by atoms with Gasteiger partial charge in [0.05, 0.1) is 11.6 Å². The van der Waals surface area contributed by atoms with Crippen molar-refractivity contribution in [2.24, 2.45) is 0 Å². The van der Waals surface area contributed by atoms with Gasteiger partial charge in [-0.2, -0.15) is 0 Å². The summed E-state index contributed by atoms with van der Waals surface area (Å²) in [5.74, 6) is 0.0907. The summed E-state index contributed by atoms with van der Waals surface area (Å²) in [5, 5.41) is 11.5. The van der Waals surface area contributed by atoms with Crippen LogP contribution in [0, 0.1) is 0 Å². The van der Waals surface area contributed by atoms with Crippen molar-refractivity contribution in [1.82, 2.24) is 4.57 Å². The lowest BCUT2D eigenvalue weighted by atomic mass is 9.81. The number of carbonyl (C=O) groups is 1. The first-order chi connectivity index (χ1) is 14.9. The number of halogens is 1. The molecule has 1 saturated carbocycles. The highest BCUT2D eigenvalue weighted by molar-refractivity contribution is 6.30. The summed E-state index contributed by atoms with van der Waals surface area (Å²) >= 11 is 5.97. The normalized spacial score (nSPS) is 18.8. The molecular formula is C25H27ClN2O3. The molecule has 0 spiro atoms.